The lowest BCUT2D eigenvalue weighted by Gasteiger charge is -2.60. The summed E-state index contributed by atoms with van der Waals surface area (Å²) in [6.07, 6.45) is 6.50. The first kappa shape index (κ1) is 22.4. The number of hydrogen-bond donors (Lipinski definition) is 2. The number of carbonyl (C=O) groups is 3. The fourth-order valence-electron chi connectivity index (χ4n) is 7.76. The summed E-state index contributed by atoms with van der Waals surface area (Å²) in [4.78, 5) is 36.4. The van der Waals surface area contributed by atoms with E-state index in [4.69, 9.17) is 4.74 Å². The maximum absolute atomic E-state index is 13.0. The molecule has 170 valence electrons. The van der Waals surface area contributed by atoms with Crippen molar-refractivity contribution in [1.82, 2.24) is 0 Å². The Bertz CT molecular complexity index is 868. The van der Waals surface area contributed by atoms with Crippen molar-refractivity contribution >= 4 is 17.5 Å². The van der Waals surface area contributed by atoms with Gasteiger partial charge in [0.2, 0.25) is 5.78 Å². The molecule has 0 heterocycles. The number of ketones is 2. The molecule has 0 aromatic rings. The van der Waals surface area contributed by atoms with Gasteiger partial charge in [0, 0.05) is 23.7 Å². The minimum atomic E-state index is -1.61. The van der Waals surface area contributed by atoms with Gasteiger partial charge in [-0.1, -0.05) is 31.9 Å². The van der Waals surface area contributed by atoms with Crippen LogP contribution in [0.25, 0.3) is 0 Å². The number of aliphatic hydroxyl groups excluding tert-OH is 1. The van der Waals surface area contributed by atoms with Gasteiger partial charge in [0.1, 0.15) is 5.60 Å². The number of fused-ring (bicyclic) bond motifs is 5. The summed E-state index contributed by atoms with van der Waals surface area (Å²) in [7, 11) is 0. The lowest BCUT2D eigenvalue weighted by molar-refractivity contribution is -0.181. The van der Waals surface area contributed by atoms with Crippen LogP contribution >= 0.6 is 0 Å². The first-order valence-electron chi connectivity index (χ1n) is 11.5. The Kier molecular flexibility index (Phi) is 5.33. The van der Waals surface area contributed by atoms with Crippen LogP contribution in [-0.2, 0) is 19.1 Å². The Morgan fingerprint density at radius 3 is 2.58 bits per heavy atom. The fourth-order valence-corrected chi connectivity index (χ4v) is 7.76. The number of rotatable bonds is 4. The maximum Gasteiger partial charge on any atom is 0.303 e. The van der Waals surface area contributed by atoms with Crippen molar-refractivity contribution in [1.29, 1.82) is 0 Å². The first-order valence-corrected chi connectivity index (χ1v) is 11.5. The van der Waals surface area contributed by atoms with Gasteiger partial charge < -0.3 is 14.9 Å². The zero-order valence-corrected chi connectivity index (χ0v) is 18.9. The van der Waals surface area contributed by atoms with Gasteiger partial charge in [0.15, 0.2) is 12.4 Å². The highest BCUT2D eigenvalue weighted by atomic mass is 16.5. The van der Waals surface area contributed by atoms with E-state index in [1.807, 2.05) is 6.92 Å². The smallest absolute Gasteiger partial charge is 0.303 e. The molecule has 4 rings (SSSR count). The molecular formula is C25H34O6. The van der Waals surface area contributed by atoms with E-state index >= 15 is 0 Å². The largest absolute Gasteiger partial charge is 0.458 e. The monoisotopic (exact) mass is 430 g/mol. The van der Waals surface area contributed by atoms with Crippen molar-refractivity contribution in [2.45, 2.75) is 77.9 Å². The lowest BCUT2D eigenvalue weighted by Crippen LogP contribution is -2.62. The molecule has 0 saturated heterocycles. The third-order valence-corrected chi connectivity index (χ3v) is 9.24. The average molecular weight is 431 g/mol. The molecule has 2 N–H and O–H groups in total. The minimum Gasteiger partial charge on any atom is -0.458 e. The van der Waals surface area contributed by atoms with E-state index in [0.717, 1.165) is 30.4 Å². The van der Waals surface area contributed by atoms with Crippen LogP contribution in [0.2, 0.25) is 0 Å². The SMILES string of the molecule is CCC1=CC(=O)C=C2CC[C@@H]3[C@H](C(O)C[C@@]4(C)[C@H]3CC[C@]4(O)C(=O)COC(C)=O)[C@@]12C. The van der Waals surface area contributed by atoms with Crippen molar-refractivity contribution in [3.63, 3.8) is 0 Å². The van der Waals surface area contributed by atoms with Crippen LogP contribution in [-0.4, -0.2) is 46.1 Å². The van der Waals surface area contributed by atoms with Gasteiger partial charge >= 0.3 is 5.97 Å². The molecule has 0 aromatic carbocycles. The van der Waals surface area contributed by atoms with Crippen molar-refractivity contribution < 1.29 is 29.3 Å². The van der Waals surface area contributed by atoms with E-state index in [1.54, 1.807) is 12.2 Å². The molecule has 6 nitrogen and oxygen atoms in total. The molecule has 3 saturated carbocycles. The average Bonchev–Trinajstić information content (AvgIpc) is 2.97. The van der Waals surface area contributed by atoms with Gasteiger partial charge in [-0.3, -0.25) is 14.4 Å². The van der Waals surface area contributed by atoms with Gasteiger partial charge in [-0.25, -0.2) is 0 Å². The van der Waals surface area contributed by atoms with Crippen LogP contribution in [0, 0.1) is 28.6 Å². The molecule has 7 atom stereocenters. The topological polar surface area (TPSA) is 101 Å². The molecule has 0 spiro atoms. The molecule has 31 heavy (non-hydrogen) atoms. The zero-order valence-electron chi connectivity index (χ0n) is 18.9. The van der Waals surface area contributed by atoms with Gasteiger partial charge in [0.25, 0.3) is 0 Å². The molecule has 0 aliphatic heterocycles. The second-order valence-corrected chi connectivity index (χ2v) is 10.4. The predicted molar refractivity (Wildman–Crippen MR) is 114 cm³/mol. The van der Waals surface area contributed by atoms with E-state index in [2.05, 4.69) is 13.8 Å². The number of ether oxygens (including phenoxy) is 1. The summed E-state index contributed by atoms with van der Waals surface area (Å²) in [5.74, 6) is -0.806. The highest BCUT2D eigenvalue weighted by Gasteiger charge is 2.68. The van der Waals surface area contributed by atoms with E-state index in [0.29, 0.717) is 19.3 Å². The van der Waals surface area contributed by atoms with Gasteiger partial charge in [-0.2, -0.15) is 0 Å². The molecule has 0 amide bonds. The quantitative estimate of drug-likeness (QED) is 0.665. The number of hydrogen-bond acceptors (Lipinski definition) is 6. The Balaban J connectivity index is 1.70. The van der Waals surface area contributed by atoms with E-state index in [-0.39, 0.29) is 29.0 Å². The van der Waals surface area contributed by atoms with E-state index in [9.17, 15) is 24.6 Å². The van der Waals surface area contributed by atoms with Crippen molar-refractivity contribution in [3.8, 4) is 0 Å². The minimum absolute atomic E-state index is 0.0317. The molecule has 0 radical (unpaired) electrons. The molecular weight excluding hydrogens is 396 g/mol. The van der Waals surface area contributed by atoms with Gasteiger partial charge in [-0.05, 0) is 62.5 Å². The Morgan fingerprint density at radius 2 is 1.94 bits per heavy atom. The summed E-state index contributed by atoms with van der Waals surface area (Å²) < 4.78 is 4.91. The van der Waals surface area contributed by atoms with E-state index < -0.39 is 35.5 Å². The highest BCUT2D eigenvalue weighted by molar-refractivity contribution is 6.02. The standard InChI is InChI=1S/C25H34O6/c1-5-15-10-17(27)11-16-6-7-18-19-8-9-25(30,21(29)13-31-14(2)26)23(19,3)12-20(28)22(18)24(15,16)4/h10-11,18-20,22,28,30H,5-9,12-13H2,1-4H3/t18-,19-,20?,22+,23-,24-,25-/m0/s1. The van der Waals surface area contributed by atoms with Crippen LogP contribution < -0.4 is 0 Å². The maximum atomic E-state index is 13.0. The molecule has 3 fully saturated rings. The molecule has 6 heteroatoms. The first-order chi connectivity index (χ1) is 14.5. The van der Waals surface area contributed by atoms with Crippen LogP contribution in [0.4, 0.5) is 0 Å². The Morgan fingerprint density at radius 1 is 1.23 bits per heavy atom. The number of Topliss-reactive ketones (excluding diaryl/α,β-unsaturated/α-hetero) is 1. The molecule has 0 aromatic heterocycles. The van der Waals surface area contributed by atoms with Crippen molar-refractivity contribution in [2.24, 2.45) is 28.6 Å². The molecule has 4 aliphatic carbocycles. The van der Waals surface area contributed by atoms with Crippen molar-refractivity contribution in [2.75, 3.05) is 6.61 Å². The van der Waals surface area contributed by atoms with Crippen LogP contribution in [0.1, 0.15) is 66.2 Å². The number of esters is 1. The zero-order chi connectivity index (χ0) is 22.8. The number of allylic oxidation sites excluding steroid dienone is 4. The number of aliphatic hydroxyl groups is 2. The third-order valence-electron chi connectivity index (χ3n) is 9.24. The van der Waals surface area contributed by atoms with Gasteiger partial charge in [-0.15, -0.1) is 0 Å². The van der Waals surface area contributed by atoms with Crippen LogP contribution in [0.5, 0.6) is 0 Å². The normalized spacial score (nSPS) is 43.9. The van der Waals surface area contributed by atoms with Crippen LogP contribution in [0.3, 0.4) is 0 Å². The summed E-state index contributed by atoms with van der Waals surface area (Å²) in [6.45, 7) is 6.94. The highest BCUT2D eigenvalue weighted by Crippen LogP contribution is 2.68. The summed E-state index contributed by atoms with van der Waals surface area (Å²) in [5.41, 5.74) is -0.564. The third kappa shape index (κ3) is 3.01. The predicted octanol–water partition coefficient (Wildman–Crippen LogP) is 2.91. The van der Waals surface area contributed by atoms with Crippen LogP contribution in [0.15, 0.2) is 23.3 Å². The Hall–Kier alpha value is -1.79. The Labute approximate surface area is 183 Å². The molecule has 4 aliphatic rings. The van der Waals surface area contributed by atoms with E-state index in [1.165, 1.54) is 6.92 Å². The van der Waals surface area contributed by atoms with Crippen molar-refractivity contribution in [3.05, 3.63) is 23.3 Å². The second kappa shape index (κ2) is 7.38. The summed E-state index contributed by atoms with van der Waals surface area (Å²) >= 11 is 0. The fraction of sp³-hybridized carbons (Fsp3) is 0.720. The number of carbonyl (C=O) groups excluding carboxylic acids is 3. The summed E-state index contributed by atoms with van der Waals surface area (Å²) in [6, 6.07) is 0. The second-order valence-electron chi connectivity index (χ2n) is 10.4. The van der Waals surface area contributed by atoms with Gasteiger partial charge in [0.05, 0.1) is 6.10 Å². The lowest BCUT2D eigenvalue weighted by atomic mass is 9.44. The molecule has 1 unspecified atom stereocenters. The molecule has 0 bridgehead atoms. The summed E-state index contributed by atoms with van der Waals surface area (Å²) in [5, 5.41) is 23.0.